The van der Waals surface area contributed by atoms with Crippen molar-refractivity contribution in [3.8, 4) is 0 Å². The summed E-state index contributed by atoms with van der Waals surface area (Å²) in [6.45, 7) is 0.721. The number of esters is 1. The molecule has 1 aromatic heterocycles. The van der Waals surface area contributed by atoms with E-state index in [1.807, 2.05) is 60.7 Å². The standard InChI is InChI=1S/C32H26FN3O3/c1-39-32(38)25-10-6-22(7-11-25)20-35-30-19-29(16-17-34-30)36(21-23-8-14-28(33)15-9-23)31(37)27-13-12-24-4-2-3-5-26(24)18-27/h2-19H,20-21H2,1H3,(H,34,35). The zero-order valence-electron chi connectivity index (χ0n) is 21.3. The van der Waals surface area contributed by atoms with Crippen LogP contribution in [0.15, 0.2) is 109 Å². The van der Waals surface area contributed by atoms with Crippen LogP contribution in [-0.2, 0) is 17.8 Å². The van der Waals surface area contributed by atoms with E-state index in [1.54, 1.807) is 41.4 Å². The molecule has 0 aliphatic carbocycles. The number of aromatic nitrogens is 1. The smallest absolute Gasteiger partial charge is 0.337 e. The Bertz CT molecular complexity index is 1620. The van der Waals surface area contributed by atoms with Gasteiger partial charge in [-0.15, -0.1) is 0 Å². The first-order valence-electron chi connectivity index (χ1n) is 12.4. The van der Waals surface area contributed by atoms with Crippen molar-refractivity contribution in [1.82, 2.24) is 4.98 Å². The largest absolute Gasteiger partial charge is 0.465 e. The summed E-state index contributed by atoms with van der Waals surface area (Å²) in [6.07, 6.45) is 1.64. The Hall–Kier alpha value is -5.04. The maximum Gasteiger partial charge on any atom is 0.337 e. The van der Waals surface area contributed by atoms with Gasteiger partial charge in [0.1, 0.15) is 11.6 Å². The molecule has 0 spiro atoms. The lowest BCUT2D eigenvalue weighted by Crippen LogP contribution is -2.30. The SMILES string of the molecule is COC(=O)c1ccc(CNc2cc(N(Cc3ccc(F)cc3)C(=O)c3ccc4ccccc4c3)ccn2)cc1. The van der Waals surface area contributed by atoms with Crippen molar-refractivity contribution in [2.24, 2.45) is 0 Å². The number of halogens is 1. The Kier molecular flexibility index (Phi) is 7.59. The molecule has 7 heteroatoms. The number of amides is 1. The molecule has 5 rings (SSSR count). The molecule has 0 fully saturated rings. The summed E-state index contributed by atoms with van der Waals surface area (Å²) in [5.41, 5.74) is 3.42. The van der Waals surface area contributed by atoms with E-state index in [4.69, 9.17) is 4.74 Å². The third-order valence-corrected chi connectivity index (χ3v) is 6.40. The van der Waals surface area contributed by atoms with E-state index < -0.39 is 0 Å². The molecule has 0 atom stereocenters. The summed E-state index contributed by atoms with van der Waals surface area (Å²) in [5, 5.41) is 5.30. The molecule has 1 heterocycles. The predicted molar refractivity (Wildman–Crippen MR) is 150 cm³/mol. The van der Waals surface area contributed by atoms with Crippen LogP contribution in [0.5, 0.6) is 0 Å². The summed E-state index contributed by atoms with van der Waals surface area (Å²) >= 11 is 0. The van der Waals surface area contributed by atoms with Gasteiger partial charge in [0, 0.05) is 30.1 Å². The molecule has 0 saturated heterocycles. The number of pyridine rings is 1. The van der Waals surface area contributed by atoms with Crippen LogP contribution in [-0.4, -0.2) is 24.0 Å². The van der Waals surface area contributed by atoms with E-state index in [0.717, 1.165) is 21.9 Å². The van der Waals surface area contributed by atoms with Gasteiger partial charge < -0.3 is 15.0 Å². The van der Waals surface area contributed by atoms with Crippen LogP contribution in [0.25, 0.3) is 10.8 Å². The van der Waals surface area contributed by atoms with Gasteiger partial charge in [-0.05, 0) is 64.4 Å². The average Bonchev–Trinajstić information content (AvgIpc) is 2.99. The topological polar surface area (TPSA) is 71.5 Å². The monoisotopic (exact) mass is 519 g/mol. The molecule has 5 aromatic rings. The van der Waals surface area contributed by atoms with Gasteiger partial charge in [-0.1, -0.05) is 54.6 Å². The number of carbonyl (C=O) groups is 2. The summed E-state index contributed by atoms with van der Waals surface area (Å²) in [6, 6.07) is 30.3. The van der Waals surface area contributed by atoms with Crippen molar-refractivity contribution >= 4 is 34.2 Å². The van der Waals surface area contributed by atoms with Gasteiger partial charge in [0.2, 0.25) is 0 Å². The molecular formula is C32H26FN3O3. The zero-order chi connectivity index (χ0) is 27.2. The lowest BCUT2D eigenvalue weighted by atomic mass is 10.1. The molecule has 0 saturated carbocycles. The minimum absolute atomic E-state index is 0.180. The number of ether oxygens (including phenoxy) is 1. The van der Waals surface area contributed by atoms with E-state index >= 15 is 0 Å². The molecule has 39 heavy (non-hydrogen) atoms. The number of nitrogens with one attached hydrogen (secondary N) is 1. The third kappa shape index (κ3) is 6.10. The number of hydrogen-bond acceptors (Lipinski definition) is 5. The molecule has 0 aliphatic heterocycles. The maximum absolute atomic E-state index is 13.8. The summed E-state index contributed by atoms with van der Waals surface area (Å²) < 4.78 is 18.3. The second kappa shape index (κ2) is 11.6. The Balaban J connectivity index is 1.41. The second-order valence-corrected chi connectivity index (χ2v) is 9.02. The molecule has 194 valence electrons. The van der Waals surface area contributed by atoms with Crippen LogP contribution in [0.1, 0.15) is 31.8 Å². The Morgan fingerprint density at radius 3 is 2.26 bits per heavy atom. The second-order valence-electron chi connectivity index (χ2n) is 9.02. The number of carbonyl (C=O) groups excluding carboxylic acids is 2. The van der Waals surface area contributed by atoms with Crippen LogP contribution in [0, 0.1) is 5.82 Å². The minimum atomic E-state index is -0.388. The molecule has 6 nitrogen and oxygen atoms in total. The molecule has 1 N–H and O–H groups in total. The van der Waals surface area contributed by atoms with Crippen LogP contribution in [0.4, 0.5) is 15.9 Å². The zero-order valence-corrected chi connectivity index (χ0v) is 21.3. The number of methoxy groups -OCH3 is 1. The van der Waals surface area contributed by atoms with Crippen molar-refractivity contribution in [3.63, 3.8) is 0 Å². The van der Waals surface area contributed by atoms with Gasteiger partial charge in [0.15, 0.2) is 0 Å². The van der Waals surface area contributed by atoms with E-state index in [9.17, 15) is 14.0 Å². The minimum Gasteiger partial charge on any atom is -0.465 e. The van der Waals surface area contributed by atoms with Gasteiger partial charge in [0.25, 0.3) is 5.91 Å². The predicted octanol–water partition coefficient (Wildman–Crippen LogP) is 6.62. The highest BCUT2D eigenvalue weighted by Gasteiger charge is 2.19. The lowest BCUT2D eigenvalue weighted by molar-refractivity contribution is 0.0600. The van der Waals surface area contributed by atoms with E-state index in [1.165, 1.54) is 19.2 Å². The van der Waals surface area contributed by atoms with E-state index in [-0.39, 0.29) is 24.2 Å². The average molecular weight is 520 g/mol. The number of benzene rings is 4. The van der Waals surface area contributed by atoms with Crippen molar-refractivity contribution in [1.29, 1.82) is 0 Å². The van der Waals surface area contributed by atoms with Crippen molar-refractivity contribution in [2.75, 3.05) is 17.3 Å². The molecule has 0 radical (unpaired) electrons. The fourth-order valence-electron chi connectivity index (χ4n) is 4.28. The van der Waals surface area contributed by atoms with Gasteiger partial charge in [-0.3, -0.25) is 4.79 Å². The molecule has 4 aromatic carbocycles. The van der Waals surface area contributed by atoms with Crippen LogP contribution in [0.2, 0.25) is 0 Å². The van der Waals surface area contributed by atoms with Crippen LogP contribution in [0.3, 0.4) is 0 Å². The fourth-order valence-corrected chi connectivity index (χ4v) is 4.28. The van der Waals surface area contributed by atoms with Crippen molar-refractivity contribution in [2.45, 2.75) is 13.1 Å². The van der Waals surface area contributed by atoms with Crippen molar-refractivity contribution in [3.05, 3.63) is 137 Å². The first-order chi connectivity index (χ1) is 19.0. The quantitative estimate of drug-likeness (QED) is 0.233. The van der Waals surface area contributed by atoms with E-state index in [2.05, 4.69) is 10.3 Å². The lowest BCUT2D eigenvalue weighted by Gasteiger charge is -2.24. The van der Waals surface area contributed by atoms with Gasteiger partial charge >= 0.3 is 5.97 Å². The highest BCUT2D eigenvalue weighted by molar-refractivity contribution is 6.08. The Labute approximate surface area is 225 Å². The van der Waals surface area contributed by atoms with Crippen LogP contribution >= 0.6 is 0 Å². The van der Waals surface area contributed by atoms with E-state index in [0.29, 0.717) is 29.2 Å². The van der Waals surface area contributed by atoms with Crippen LogP contribution < -0.4 is 10.2 Å². The fraction of sp³-hybridized carbons (Fsp3) is 0.0938. The Morgan fingerprint density at radius 1 is 0.821 bits per heavy atom. The summed E-state index contributed by atoms with van der Waals surface area (Å²) in [7, 11) is 1.35. The van der Waals surface area contributed by atoms with Crippen molar-refractivity contribution < 1.29 is 18.7 Å². The first-order valence-corrected chi connectivity index (χ1v) is 12.4. The third-order valence-electron chi connectivity index (χ3n) is 6.40. The number of nitrogens with zero attached hydrogens (tertiary/aromatic N) is 2. The summed E-state index contributed by atoms with van der Waals surface area (Å²) in [4.78, 5) is 31.6. The normalized spacial score (nSPS) is 10.7. The van der Waals surface area contributed by atoms with Gasteiger partial charge in [-0.2, -0.15) is 0 Å². The van der Waals surface area contributed by atoms with Gasteiger partial charge in [0.05, 0.1) is 19.2 Å². The maximum atomic E-state index is 13.8. The molecule has 1 amide bonds. The highest BCUT2D eigenvalue weighted by atomic mass is 19.1. The molecule has 0 unspecified atom stereocenters. The molecular weight excluding hydrogens is 493 g/mol. The molecule has 0 bridgehead atoms. The Morgan fingerprint density at radius 2 is 1.51 bits per heavy atom. The number of fused-ring (bicyclic) bond motifs is 1. The molecule has 0 aliphatic rings. The number of hydrogen-bond donors (Lipinski definition) is 1. The van der Waals surface area contributed by atoms with Gasteiger partial charge in [-0.25, -0.2) is 14.2 Å². The first kappa shape index (κ1) is 25.6. The number of rotatable bonds is 8. The number of anilines is 2. The summed E-state index contributed by atoms with van der Waals surface area (Å²) in [5.74, 6) is -0.317. The highest BCUT2D eigenvalue weighted by Crippen LogP contribution is 2.25.